The number of hydrogen-bond acceptors (Lipinski definition) is 8. The van der Waals surface area contributed by atoms with Crippen LogP contribution < -0.4 is 15.0 Å². The highest BCUT2D eigenvalue weighted by Crippen LogP contribution is 2.28. The van der Waals surface area contributed by atoms with Gasteiger partial charge in [0.05, 0.1) is 44.6 Å². The van der Waals surface area contributed by atoms with Gasteiger partial charge in [0.15, 0.2) is 5.78 Å². The largest absolute Gasteiger partial charge is 0.497 e. The van der Waals surface area contributed by atoms with Crippen molar-refractivity contribution in [2.24, 2.45) is 0 Å². The second kappa shape index (κ2) is 10.5. The molecule has 0 unspecified atom stereocenters. The molecule has 0 fully saturated rings. The monoisotopic (exact) mass is 492 g/mol. The predicted molar refractivity (Wildman–Crippen MR) is 133 cm³/mol. The van der Waals surface area contributed by atoms with Crippen molar-refractivity contribution in [3.63, 3.8) is 0 Å². The molecule has 2 heterocycles. The van der Waals surface area contributed by atoms with E-state index < -0.39 is 11.5 Å². The molecule has 4 rings (SSSR count). The maximum Gasteiger partial charge on any atom is 0.348 e. The lowest BCUT2D eigenvalue weighted by Crippen LogP contribution is -2.25. The van der Waals surface area contributed by atoms with Gasteiger partial charge in [-0.15, -0.1) is 11.3 Å². The Bertz CT molecular complexity index is 1440. The number of thiophene rings is 1. The van der Waals surface area contributed by atoms with Crippen molar-refractivity contribution >= 4 is 33.3 Å². The van der Waals surface area contributed by atoms with Crippen molar-refractivity contribution in [1.82, 2.24) is 9.55 Å². The van der Waals surface area contributed by atoms with Gasteiger partial charge in [-0.05, 0) is 30.2 Å². The molecule has 0 radical (unpaired) electrons. The third kappa shape index (κ3) is 5.09. The van der Waals surface area contributed by atoms with Gasteiger partial charge in [-0.2, -0.15) is 0 Å². The van der Waals surface area contributed by atoms with Gasteiger partial charge in [-0.1, -0.05) is 30.3 Å². The van der Waals surface area contributed by atoms with Crippen LogP contribution in [0.2, 0.25) is 0 Å². The van der Waals surface area contributed by atoms with E-state index in [1.54, 1.807) is 25.1 Å². The number of ketones is 1. The summed E-state index contributed by atoms with van der Waals surface area (Å²) in [5, 5.41) is 0.307. The molecule has 0 spiro atoms. The molecule has 0 N–H and O–H groups in total. The van der Waals surface area contributed by atoms with Crippen LogP contribution in [0, 0.1) is 6.92 Å². The standard InChI is InChI=1S/C26H24N2O6S/c1-16-22-24(35-23(16)26(31)34-12-11-17-7-5-4-6-8-17)27-15-28(25(22)30)14-20(29)19-10-9-18(32-2)13-21(19)33-3/h4-10,13,15H,11-12,14H2,1-3H3. The van der Waals surface area contributed by atoms with Crippen molar-refractivity contribution in [2.75, 3.05) is 20.8 Å². The van der Waals surface area contributed by atoms with E-state index in [0.29, 0.717) is 44.1 Å². The Balaban J connectivity index is 1.54. The Labute approximate surface area is 205 Å². The van der Waals surface area contributed by atoms with Crippen LogP contribution in [-0.2, 0) is 17.7 Å². The summed E-state index contributed by atoms with van der Waals surface area (Å²) in [6, 6.07) is 14.6. The van der Waals surface area contributed by atoms with Crippen LogP contribution in [-0.4, -0.2) is 42.1 Å². The molecule has 9 heteroatoms. The van der Waals surface area contributed by atoms with Gasteiger partial charge in [0.1, 0.15) is 21.2 Å². The zero-order valence-corrected chi connectivity index (χ0v) is 20.4. The zero-order chi connectivity index (χ0) is 24.9. The molecule has 4 aromatic rings. The second-order valence-electron chi connectivity index (χ2n) is 7.77. The minimum Gasteiger partial charge on any atom is -0.497 e. The number of aromatic nitrogens is 2. The van der Waals surface area contributed by atoms with Crippen LogP contribution in [0.4, 0.5) is 0 Å². The molecule has 35 heavy (non-hydrogen) atoms. The fourth-order valence-corrected chi connectivity index (χ4v) is 4.74. The van der Waals surface area contributed by atoms with Gasteiger partial charge < -0.3 is 14.2 Å². The van der Waals surface area contributed by atoms with Crippen LogP contribution in [0.15, 0.2) is 59.7 Å². The van der Waals surface area contributed by atoms with Crippen molar-refractivity contribution in [2.45, 2.75) is 19.9 Å². The molecule has 0 amide bonds. The molecular weight excluding hydrogens is 468 g/mol. The molecule has 0 saturated carbocycles. The predicted octanol–water partition coefficient (Wildman–Crippen LogP) is 4.07. The molecule has 0 aliphatic heterocycles. The minimum absolute atomic E-state index is 0.226. The van der Waals surface area contributed by atoms with Crippen molar-refractivity contribution in [3.8, 4) is 11.5 Å². The average molecular weight is 493 g/mol. The van der Waals surface area contributed by atoms with Crippen molar-refractivity contribution < 1.29 is 23.8 Å². The van der Waals surface area contributed by atoms with Crippen molar-refractivity contribution in [3.05, 3.63) is 86.8 Å². The number of hydrogen-bond donors (Lipinski definition) is 0. The molecule has 0 aliphatic carbocycles. The first kappa shape index (κ1) is 24.2. The lowest BCUT2D eigenvalue weighted by Gasteiger charge is -2.10. The van der Waals surface area contributed by atoms with Gasteiger partial charge in [0.25, 0.3) is 5.56 Å². The fourth-order valence-electron chi connectivity index (χ4n) is 3.71. The molecule has 0 aliphatic rings. The number of Topliss-reactive ketones (excluding diaryl/α,β-unsaturated/α-hetero) is 1. The maximum absolute atomic E-state index is 13.2. The number of ether oxygens (including phenoxy) is 3. The van der Waals surface area contributed by atoms with Gasteiger partial charge in [0, 0.05) is 12.5 Å². The molecule has 8 nitrogen and oxygen atoms in total. The summed E-state index contributed by atoms with van der Waals surface area (Å²) in [5.74, 6) is 0.0898. The molecule has 0 saturated heterocycles. The Morgan fingerprint density at radius 3 is 2.54 bits per heavy atom. The first-order valence-electron chi connectivity index (χ1n) is 10.9. The van der Waals surface area contributed by atoms with E-state index in [9.17, 15) is 14.4 Å². The highest BCUT2D eigenvalue weighted by Gasteiger charge is 2.22. The lowest BCUT2D eigenvalue weighted by atomic mass is 10.1. The number of fused-ring (bicyclic) bond motifs is 1. The summed E-state index contributed by atoms with van der Waals surface area (Å²) in [5.41, 5.74) is 1.49. The van der Waals surface area contributed by atoms with Crippen LogP contribution in [0.25, 0.3) is 10.2 Å². The summed E-state index contributed by atoms with van der Waals surface area (Å²) in [4.78, 5) is 43.9. The topological polar surface area (TPSA) is 96.7 Å². The van der Waals surface area contributed by atoms with Crippen LogP contribution >= 0.6 is 11.3 Å². The summed E-state index contributed by atoms with van der Waals surface area (Å²) in [6.07, 6.45) is 1.91. The SMILES string of the molecule is COc1ccc(C(=O)Cn2cnc3sc(C(=O)OCCc4ccccc4)c(C)c3c2=O)c(OC)c1. The molecule has 0 bridgehead atoms. The molecule has 0 atom stereocenters. The summed E-state index contributed by atoms with van der Waals surface area (Å²) < 4.78 is 17.1. The van der Waals surface area contributed by atoms with Gasteiger partial charge in [0.2, 0.25) is 0 Å². The second-order valence-corrected chi connectivity index (χ2v) is 8.77. The third-order valence-electron chi connectivity index (χ3n) is 5.59. The van der Waals surface area contributed by atoms with E-state index in [4.69, 9.17) is 14.2 Å². The Hall–Kier alpha value is -3.98. The van der Waals surface area contributed by atoms with E-state index in [0.717, 1.165) is 16.9 Å². The number of nitrogens with zero attached hydrogens (tertiary/aromatic N) is 2. The van der Waals surface area contributed by atoms with E-state index >= 15 is 0 Å². The zero-order valence-electron chi connectivity index (χ0n) is 19.6. The normalized spacial score (nSPS) is 10.8. The van der Waals surface area contributed by atoms with Gasteiger partial charge in [-0.25, -0.2) is 9.78 Å². The van der Waals surface area contributed by atoms with Gasteiger partial charge >= 0.3 is 5.97 Å². The summed E-state index contributed by atoms with van der Waals surface area (Å²) in [7, 11) is 2.98. The highest BCUT2D eigenvalue weighted by atomic mass is 32.1. The summed E-state index contributed by atoms with van der Waals surface area (Å²) >= 11 is 1.11. The number of benzene rings is 2. The number of carbonyl (C=O) groups is 2. The van der Waals surface area contributed by atoms with E-state index in [-0.39, 0.29) is 18.9 Å². The smallest absolute Gasteiger partial charge is 0.348 e. The Kier molecular flexibility index (Phi) is 7.26. The summed E-state index contributed by atoms with van der Waals surface area (Å²) in [6.45, 7) is 1.69. The number of rotatable bonds is 9. The molecule has 2 aromatic carbocycles. The van der Waals surface area contributed by atoms with E-state index in [1.807, 2.05) is 30.3 Å². The van der Waals surface area contributed by atoms with Crippen LogP contribution in [0.3, 0.4) is 0 Å². The van der Waals surface area contributed by atoms with Crippen LogP contribution in [0.1, 0.15) is 31.2 Å². The first-order chi connectivity index (χ1) is 16.9. The van der Waals surface area contributed by atoms with E-state index in [2.05, 4.69) is 4.98 Å². The van der Waals surface area contributed by atoms with E-state index in [1.165, 1.54) is 25.1 Å². The molecule has 2 aromatic heterocycles. The average Bonchev–Trinajstić information content (AvgIpc) is 3.22. The quantitative estimate of drug-likeness (QED) is 0.257. The lowest BCUT2D eigenvalue weighted by molar-refractivity contribution is 0.0514. The first-order valence-corrected chi connectivity index (χ1v) is 11.7. The maximum atomic E-state index is 13.2. The van der Waals surface area contributed by atoms with Crippen LogP contribution in [0.5, 0.6) is 11.5 Å². The Morgan fingerprint density at radius 2 is 1.83 bits per heavy atom. The third-order valence-corrected chi connectivity index (χ3v) is 6.77. The van der Waals surface area contributed by atoms with Gasteiger partial charge in [-0.3, -0.25) is 14.2 Å². The highest BCUT2D eigenvalue weighted by molar-refractivity contribution is 7.20. The fraction of sp³-hybridized carbons (Fsp3) is 0.231. The number of methoxy groups -OCH3 is 2. The van der Waals surface area contributed by atoms with Crippen molar-refractivity contribution in [1.29, 1.82) is 0 Å². The number of carbonyl (C=O) groups excluding carboxylic acids is 2. The Morgan fingerprint density at radius 1 is 1.06 bits per heavy atom. The minimum atomic E-state index is -0.494. The number of aryl methyl sites for hydroxylation is 1. The molecule has 180 valence electrons. The number of esters is 1. The molecular formula is C26H24N2O6S.